The number of aromatic nitrogens is 3. The molecule has 0 saturated heterocycles. The smallest absolute Gasteiger partial charge is 0.264 e. The van der Waals surface area contributed by atoms with Crippen LogP contribution in [0.25, 0.3) is 11.0 Å². The lowest BCUT2D eigenvalue weighted by molar-refractivity contribution is 0.116. The lowest BCUT2D eigenvalue weighted by Gasteiger charge is -2.15. The molecule has 0 aliphatic carbocycles. The number of aliphatic hydroxyl groups is 2. The summed E-state index contributed by atoms with van der Waals surface area (Å²) in [7, 11) is 1.48. The van der Waals surface area contributed by atoms with E-state index in [9.17, 15) is 19.1 Å². The van der Waals surface area contributed by atoms with E-state index in [1.54, 1.807) is 6.07 Å². The van der Waals surface area contributed by atoms with Gasteiger partial charge in [-0.1, -0.05) is 0 Å². The van der Waals surface area contributed by atoms with Crippen molar-refractivity contribution in [1.82, 2.24) is 14.1 Å². The van der Waals surface area contributed by atoms with Crippen molar-refractivity contribution >= 4 is 45.0 Å². The number of aliphatic hydroxyl groups excluding tert-OH is 2. The van der Waals surface area contributed by atoms with Crippen LogP contribution in [-0.4, -0.2) is 37.0 Å². The topological polar surface area (TPSA) is 109 Å². The van der Waals surface area contributed by atoms with Crippen LogP contribution in [0.15, 0.2) is 40.2 Å². The van der Waals surface area contributed by atoms with Crippen LogP contribution in [0.1, 0.15) is 6.42 Å². The van der Waals surface area contributed by atoms with Gasteiger partial charge in [0.05, 0.1) is 30.4 Å². The van der Waals surface area contributed by atoms with E-state index in [-0.39, 0.29) is 42.0 Å². The van der Waals surface area contributed by atoms with E-state index in [0.29, 0.717) is 3.57 Å². The molecule has 1 aromatic carbocycles. The van der Waals surface area contributed by atoms with Crippen LogP contribution < -0.4 is 16.4 Å². The van der Waals surface area contributed by atoms with E-state index in [2.05, 4.69) is 10.3 Å². The second-order valence-corrected chi connectivity index (χ2v) is 7.52. The highest BCUT2D eigenvalue weighted by molar-refractivity contribution is 14.1. The minimum absolute atomic E-state index is 0.0670. The van der Waals surface area contributed by atoms with Crippen LogP contribution in [0.5, 0.6) is 0 Å². The van der Waals surface area contributed by atoms with Crippen molar-refractivity contribution in [2.24, 2.45) is 7.05 Å². The monoisotopic (exact) mass is 500 g/mol. The predicted octanol–water partition coefficient (Wildman–Crippen LogP) is 1.33. The third kappa shape index (κ3) is 4.08. The van der Waals surface area contributed by atoms with Gasteiger partial charge in [-0.2, -0.15) is 0 Å². The van der Waals surface area contributed by atoms with E-state index in [1.165, 1.54) is 40.7 Å². The molecule has 3 rings (SSSR count). The number of pyridine rings is 1. The fraction of sp³-hybridized carbons (Fsp3) is 0.278. The molecule has 0 fully saturated rings. The summed E-state index contributed by atoms with van der Waals surface area (Å²) >= 11 is 1.98. The number of rotatable bonds is 6. The highest BCUT2D eigenvalue weighted by atomic mass is 127. The van der Waals surface area contributed by atoms with Crippen molar-refractivity contribution in [1.29, 1.82) is 0 Å². The molecule has 8 nitrogen and oxygen atoms in total. The molecule has 0 saturated carbocycles. The largest absolute Gasteiger partial charge is 0.396 e. The Kier molecular flexibility index (Phi) is 6.10. The maximum Gasteiger partial charge on any atom is 0.264 e. The number of nitrogens with zero attached hydrogens (tertiary/aromatic N) is 3. The summed E-state index contributed by atoms with van der Waals surface area (Å²) in [5.74, 6) is -0.525. The summed E-state index contributed by atoms with van der Waals surface area (Å²) in [6.07, 6.45) is 0.413. The first kappa shape index (κ1) is 20.4. The first-order valence-corrected chi connectivity index (χ1v) is 9.50. The van der Waals surface area contributed by atoms with Crippen molar-refractivity contribution < 1.29 is 14.6 Å². The molecule has 0 bridgehead atoms. The Morgan fingerprint density at radius 1 is 1.29 bits per heavy atom. The number of benzene rings is 1. The normalized spacial score (nSPS) is 12.3. The average Bonchev–Trinajstić information content (AvgIpc) is 2.63. The van der Waals surface area contributed by atoms with E-state index in [4.69, 9.17) is 5.11 Å². The van der Waals surface area contributed by atoms with Gasteiger partial charge in [0.2, 0.25) is 0 Å². The minimum Gasteiger partial charge on any atom is -0.396 e. The summed E-state index contributed by atoms with van der Waals surface area (Å²) in [4.78, 5) is 29.4. The number of nitrogens with one attached hydrogen (secondary N) is 1. The average molecular weight is 500 g/mol. The highest BCUT2D eigenvalue weighted by Crippen LogP contribution is 2.24. The maximum atomic E-state index is 14.2. The number of hydrogen-bond donors (Lipinski definition) is 3. The van der Waals surface area contributed by atoms with Crippen LogP contribution in [0, 0.1) is 9.39 Å². The zero-order valence-corrected chi connectivity index (χ0v) is 17.1. The van der Waals surface area contributed by atoms with Gasteiger partial charge in [0.15, 0.2) is 5.65 Å². The summed E-state index contributed by atoms with van der Waals surface area (Å²) in [6.45, 7) is -0.285. The van der Waals surface area contributed by atoms with E-state index in [0.717, 1.165) is 0 Å². The molecular weight excluding hydrogens is 482 g/mol. The van der Waals surface area contributed by atoms with Gasteiger partial charge >= 0.3 is 0 Å². The number of fused-ring (bicyclic) bond motifs is 1. The molecule has 148 valence electrons. The molecular formula is C18H18FIN4O4. The molecule has 28 heavy (non-hydrogen) atoms. The van der Waals surface area contributed by atoms with Gasteiger partial charge in [0.1, 0.15) is 11.2 Å². The summed E-state index contributed by atoms with van der Waals surface area (Å²) < 4.78 is 17.4. The molecule has 0 amide bonds. The van der Waals surface area contributed by atoms with Gasteiger partial charge in [-0.05, 0) is 47.2 Å². The third-order valence-electron chi connectivity index (χ3n) is 4.27. The van der Waals surface area contributed by atoms with Crippen LogP contribution in [-0.2, 0) is 13.6 Å². The molecule has 2 heterocycles. The number of halogens is 2. The molecule has 3 aromatic rings. The molecule has 2 aromatic heterocycles. The molecule has 1 atom stereocenters. The van der Waals surface area contributed by atoms with Gasteiger partial charge in [0, 0.05) is 23.3 Å². The Morgan fingerprint density at radius 3 is 2.71 bits per heavy atom. The Balaban J connectivity index is 2.16. The molecule has 0 aliphatic rings. The highest BCUT2D eigenvalue weighted by Gasteiger charge is 2.16. The second-order valence-electron chi connectivity index (χ2n) is 6.27. The van der Waals surface area contributed by atoms with Crippen molar-refractivity contribution in [3.8, 4) is 0 Å². The van der Waals surface area contributed by atoms with Gasteiger partial charge in [0.25, 0.3) is 11.1 Å². The van der Waals surface area contributed by atoms with Crippen LogP contribution >= 0.6 is 22.6 Å². The van der Waals surface area contributed by atoms with Gasteiger partial charge in [-0.15, -0.1) is 0 Å². The van der Waals surface area contributed by atoms with Gasteiger partial charge in [-0.25, -0.2) is 9.37 Å². The molecule has 10 heteroatoms. The standard InChI is InChI=1S/C18H18FIN4O4/c1-23-15(27)7-14(22-13-3-2-10(20)6-12(13)19)16-17(23)21-9-24(18(16)28)8-11(26)4-5-25/h2-3,6-7,9,11,22,25-26H,4-5,8H2,1H3. The Morgan fingerprint density at radius 2 is 2.04 bits per heavy atom. The zero-order chi connectivity index (χ0) is 20.4. The molecule has 1 unspecified atom stereocenters. The molecule has 3 N–H and O–H groups in total. The summed E-state index contributed by atoms with van der Waals surface area (Å²) in [6, 6.07) is 5.74. The Labute approximate surface area is 172 Å². The van der Waals surface area contributed by atoms with Crippen molar-refractivity contribution in [3.63, 3.8) is 0 Å². The van der Waals surface area contributed by atoms with Gasteiger partial charge < -0.3 is 15.5 Å². The fourth-order valence-electron chi connectivity index (χ4n) is 2.80. The molecule has 0 aliphatic heterocycles. The maximum absolute atomic E-state index is 14.2. The number of aryl methyl sites for hydroxylation is 1. The van der Waals surface area contributed by atoms with E-state index >= 15 is 0 Å². The van der Waals surface area contributed by atoms with Crippen molar-refractivity contribution in [2.45, 2.75) is 19.1 Å². The second kappa shape index (κ2) is 8.37. The third-order valence-corrected chi connectivity index (χ3v) is 4.94. The van der Waals surface area contributed by atoms with Crippen LogP contribution in [0.2, 0.25) is 0 Å². The first-order valence-electron chi connectivity index (χ1n) is 8.42. The van der Waals surface area contributed by atoms with E-state index < -0.39 is 23.0 Å². The first-order chi connectivity index (χ1) is 13.3. The van der Waals surface area contributed by atoms with Crippen LogP contribution in [0.3, 0.4) is 0 Å². The predicted molar refractivity (Wildman–Crippen MR) is 111 cm³/mol. The zero-order valence-electron chi connectivity index (χ0n) is 14.9. The molecule has 0 spiro atoms. The van der Waals surface area contributed by atoms with Crippen LogP contribution in [0.4, 0.5) is 15.8 Å². The Hall–Kier alpha value is -2.31. The summed E-state index contributed by atoms with van der Waals surface area (Å²) in [5.41, 5.74) is -0.525. The van der Waals surface area contributed by atoms with E-state index in [1.807, 2.05) is 22.6 Å². The number of anilines is 2. The fourth-order valence-corrected chi connectivity index (χ4v) is 3.25. The van der Waals surface area contributed by atoms with Crippen molar-refractivity contribution in [2.75, 3.05) is 11.9 Å². The summed E-state index contributed by atoms with van der Waals surface area (Å²) in [5, 5.41) is 21.7. The SMILES string of the molecule is Cn1c(=O)cc(Nc2ccc(I)cc2F)c2c(=O)n(CC(O)CCO)cnc21. The quantitative estimate of drug-likeness (QED) is 0.441. The number of hydrogen-bond acceptors (Lipinski definition) is 6. The Bertz CT molecular complexity index is 1140. The van der Waals surface area contributed by atoms with Gasteiger partial charge in [-0.3, -0.25) is 18.7 Å². The minimum atomic E-state index is -0.931. The lowest BCUT2D eigenvalue weighted by atomic mass is 10.2. The van der Waals surface area contributed by atoms with Crippen molar-refractivity contribution in [3.05, 3.63) is 60.7 Å². The lowest BCUT2D eigenvalue weighted by Crippen LogP contribution is -2.30. The molecule has 0 radical (unpaired) electrons.